The van der Waals surface area contributed by atoms with Gasteiger partial charge in [0.05, 0.1) is 11.2 Å². The molecule has 272 valence electrons. The van der Waals surface area contributed by atoms with Gasteiger partial charge in [-0.25, -0.2) is 4.99 Å². The molecule has 2 nitrogen and oxygen atoms in total. The van der Waals surface area contributed by atoms with Gasteiger partial charge < -0.3 is 0 Å². The fourth-order valence-corrected chi connectivity index (χ4v) is 8.87. The summed E-state index contributed by atoms with van der Waals surface area (Å²) in [5.41, 5.74) is 18.1. The maximum Gasteiger partial charge on any atom is 0.113 e. The van der Waals surface area contributed by atoms with Crippen molar-refractivity contribution < 1.29 is 0 Å². The van der Waals surface area contributed by atoms with Crippen molar-refractivity contribution in [3.63, 3.8) is 0 Å². The number of hydrogen-bond acceptors (Lipinski definition) is 2. The summed E-state index contributed by atoms with van der Waals surface area (Å²) in [7, 11) is 0. The maximum atomic E-state index is 5.48. The van der Waals surface area contributed by atoms with E-state index in [0.717, 1.165) is 56.6 Å². The molecule has 0 saturated heterocycles. The third-order valence-electron chi connectivity index (χ3n) is 11.9. The van der Waals surface area contributed by atoms with E-state index >= 15 is 0 Å². The minimum Gasteiger partial charge on any atom is -0.256 e. The van der Waals surface area contributed by atoms with Crippen LogP contribution in [0.1, 0.15) is 34.7 Å². The molecule has 1 unspecified atom stereocenters. The highest BCUT2D eigenvalue weighted by atomic mass is 14.8. The van der Waals surface area contributed by atoms with Crippen LogP contribution in [0.5, 0.6) is 0 Å². The summed E-state index contributed by atoms with van der Waals surface area (Å²) >= 11 is 0. The summed E-state index contributed by atoms with van der Waals surface area (Å²) < 4.78 is 0. The average molecular weight is 739 g/mol. The van der Waals surface area contributed by atoms with Gasteiger partial charge in [-0.15, -0.1) is 0 Å². The second-order valence-electron chi connectivity index (χ2n) is 15.6. The number of pyridine rings is 1. The number of rotatable bonds is 5. The van der Waals surface area contributed by atoms with Crippen molar-refractivity contribution >= 4 is 66.3 Å². The number of nitrogens with zero attached hydrogens (tertiary/aromatic N) is 2. The first-order valence-corrected chi connectivity index (χ1v) is 20.1. The zero-order chi connectivity index (χ0) is 38.6. The number of para-hydroxylation sites is 1. The van der Waals surface area contributed by atoms with E-state index in [-0.39, 0.29) is 0 Å². The molecule has 0 spiro atoms. The van der Waals surface area contributed by atoms with Crippen molar-refractivity contribution in [1.29, 1.82) is 0 Å². The number of fused-ring (bicyclic) bond motifs is 7. The Morgan fingerprint density at radius 2 is 1.16 bits per heavy atom. The van der Waals surface area contributed by atoms with E-state index in [1.54, 1.807) is 0 Å². The highest BCUT2D eigenvalue weighted by molar-refractivity contribution is 6.19. The van der Waals surface area contributed by atoms with Gasteiger partial charge in [-0.3, -0.25) is 4.98 Å². The SMILES string of the molecule is CC1C=Cc2c(c(C3=NC(c4ccc(-c5cnc6ccccc6c5)cc4)=C=CC(c4ccc(-c5cc6ccccc6c6ccccc56)cc4)=C3)cc3ccccc23)C1. The Kier molecular flexibility index (Phi) is 8.17. The first kappa shape index (κ1) is 33.9. The first-order chi connectivity index (χ1) is 28.6. The van der Waals surface area contributed by atoms with E-state index in [4.69, 9.17) is 9.98 Å². The van der Waals surface area contributed by atoms with E-state index < -0.39 is 0 Å². The lowest BCUT2D eigenvalue weighted by molar-refractivity contribution is 0.717. The van der Waals surface area contributed by atoms with E-state index in [2.05, 4.69) is 195 Å². The first-order valence-electron chi connectivity index (χ1n) is 20.1. The van der Waals surface area contributed by atoms with Gasteiger partial charge in [-0.1, -0.05) is 164 Å². The van der Waals surface area contributed by atoms with E-state index in [1.807, 2.05) is 12.3 Å². The fraction of sp³-hybridized carbons (Fsp3) is 0.0536. The molecular formula is C56H38N2. The molecule has 0 fully saturated rings. The van der Waals surface area contributed by atoms with Crippen molar-refractivity contribution in [2.75, 3.05) is 0 Å². The number of benzene rings is 8. The molecule has 1 aliphatic carbocycles. The van der Waals surface area contributed by atoms with Crippen LogP contribution in [0.25, 0.3) is 82.8 Å². The zero-order valence-corrected chi connectivity index (χ0v) is 32.2. The third-order valence-corrected chi connectivity index (χ3v) is 11.9. The van der Waals surface area contributed by atoms with Crippen LogP contribution in [-0.2, 0) is 6.42 Å². The monoisotopic (exact) mass is 738 g/mol. The number of aliphatic imine (C=N–C) groups is 1. The molecule has 58 heavy (non-hydrogen) atoms. The molecule has 0 amide bonds. The topological polar surface area (TPSA) is 25.2 Å². The summed E-state index contributed by atoms with van der Waals surface area (Å²) in [6.07, 6.45) is 12.0. The van der Waals surface area contributed by atoms with Crippen molar-refractivity contribution in [1.82, 2.24) is 4.98 Å². The molecule has 2 aliphatic rings. The Labute approximate surface area is 338 Å². The molecule has 1 aromatic heterocycles. The molecule has 0 saturated carbocycles. The second-order valence-corrected chi connectivity index (χ2v) is 15.6. The molecule has 2 heteroatoms. The lowest BCUT2D eigenvalue weighted by atomic mass is 9.82. The molecule has 1 aliphatic heterocycles. The van der Waals surface area contributed by atoms with Crippen molar-refractivity contribution in [2.24, 2.45) is 10.9 Å². The minimum absolute atomic E-state index is 0.436. The minimum atomic E-state index is 0.436. The van der Waals surface area contributed by atoms with Crippen molar-refractivity contribution in [3.8, 4) is 22.3 Å². The Morgan fingerprint density at radius 1 is 0.534 bits per heavy atom. The van der Waals surface area contributed by atoms with Gasteiger partial charge in [0, 0.05) is 28.3 Å². The van der Waals surface area contributed by atoms with E-state index in [1.165, 1.54) is 60.1 Å². The van der Waals surface area contributed by atoms with Gasteiger partial charge in [0.15, 0.2) is 0 Å². The van der Waals surface area contributed by atoms with Crippen LogP contribution in [0.2, 0.25) is 0 Å². The average Bonchev–Trinajstić information content (AvgIpc) is 3.52. The van der Waals surface area contributed by atoms with Gasteiger partial charge in [-0.2, -0.15) is 0 Å². The normalized spacial score (nSPS) is 15.0. The molecule has 0 N–H and O–H groups in total. The molecule has 0 bridgehead atoms. The summed E-state index contributed by atoms with van der Waals surface area (Å²) in [5.74, 6) is 0.436. The van der Waals surface area contributed by atoms with Gasteiger partial charge in [0.2, 0.25) is 0 Å². The summed E-state index contributed by atoms with van der Waals surface area (Å²) in [4.78, 5) is 10.2. The van der Waals surface area contributed by atoms with Gasteiger partial charge >= 0.3 is 0 Å². The number of hydrogen-bond donors (Lipinski definition) is 0. The summed E-state index contributed by atoms with van der Waals surface area (Å²) in [6.45, 7) is 2.30. The number of allylic oxidation sites excluding steroid dienone is 4. The predicted molar refractivity (Wildman–Crippen MR) is 246 cm³/mol. The molecule has 2 heterocycles. The van der Waals surface area contributed by atoms with Gasteiger partial charge in [0.25, 0.3) is 0 Å². The van der Waals surface area contributed by atoms with Crippen LogP contribution in [-0.4, -0.2) is 10.7 Å². The summed E-state index contributed by atoms with van der Waals surface area (Å²) in [6, 6.07) is 59.0. The smallest absolute Gasteiger partial charge is 0.113 e. The highest BCUT2D eigenvalue weighted by Crippen LogP contribution is 2.38. The van der Waals surface area contributed by atoms with Crippen LogP contribution in [0, 0.1) is 5.92 Å². The Hall–Kier alpha value is -7.38. The number of aromatic nitrogens is 1. The molecule has 1 atom stereocenters. The Bertz CT molecular complexity index is 3280. The zero-order valence-electron chi connectivity index (χ0n) is 32.2. The van der Waals surface area contributed by atoms with Crippen molar-refractivity contribution in [3.05, 3.63) is 222 Å². The van der Waals surface area contributed by atoms with Gasteiger partial charge in [0.1, 0.15) is 5.70 Å². The van der Waals surface area contributed by atoms with E-state index in [9.17, 15) is 0 Å². The van der Waals surface area contributed by atoms with Crippen LogP contribution in [0.4, 0.5) is 0 Å². The molecule has 0 radical (unpaired) electrons. The van der Waals surface area contributed by atoms with Crippen LogP contribution in [0.15, 0.2) is 199 Å². The maximum absolute atomic E-state index is 5.48. The summed E-state index contributed by atoms with van der Waals surface area (Å²) in [5, 5.41) is 8.70. The fourth-order valence-electron chi connectivity index (χ4n) is 8.87. The van der Waals surface area contributed by atoms with E-state index in [0.29, 0.717) is 5.92 Å². The molecular weight excluding hydrogens is 701 g/mol. The highest BCUT2D eigenvalue weighted by Gasteiger charge is 2.21. The third kappa shape index (κ3) is 5.99. The van der Waals surface area contributed by atoms with Crippen LogP contribution < -0.4 is 0 Å². The molecule has 11 rings (SSSR count). The lowest BCUT2D eigenvalue weighted by Gasteiger charge is -2.22. The predicted octanol–water partition coefficient (Wildman–Crippen LogP) is 14.3. The quantitative estimate of drug-likeness (QED) is 0.127. The Balaban J connectivity index is 1.04. The Morgan fingerprint density at radius 3 is 1.97 bits per heavy atom. The van der Waals surface area contributed by atoms with Crippen molar-refractivity contribution in [2.45, 2.75) is 13.3 Å². The molecule has 9 aromatic rings. The largest absolute Gasteiger partial charge is 0.256 e. The van der Waals surface area contributed by atoms with Crippen LogP contribution >= 0.6 is 0 Å². The standard InChI is InChI=1S/C56H38N2/c1-36-18-28-50-47-14-6-3-11-43(47)33-53(52(50)30-36)56-34-41(27-29-55(58-56)40-25-21-38(22-26-40)45-31-44-12-4-9-17-54(44)57-35-45)37-19-23-39(24-20-37)51-32-42-10-2-5-13-46(42)48-15-7-8-16-49(48)51/h2-28,31-36H,30H2,1H3. The molecule has 8 aromatic carbocycles. The van der Waals surface area contributed by atoms with Crippen LogP contribution in [0.3, 0.4) is 0 Å². The lowest BCUT2D eigenvalue weighted by Crippen LogP contribution is -2.11. The second kappa shape index (κ2) is 14.0. The van der Waals surface area contributed by atoms with Gasteiger partial charge in [-0.05, 0) is 120 Å².